The van der Waals surface area contributed by atoms with Gasteiger partial charge in [-0.2, -0.15) is 0 Å². The van der Waals surface area contributed by atoms with Crippen LogP contribution in [0, 0.1) is 0 Å². The number of rotatable bonds is 6. The molecule has 0 unspecified atom stereocenters. The van der Waals surface area contributed by atoms with Gasteiger partial charge in [-0.15, -0.1) is 11.3 Å². The minimum Gasteiger partial charge on any atom is -0.374 e. The summed E-state index contributed by atoms with van der Waals surface area (Å²) in [5.41, 5.74) is 1.14. The smallest absolute Gasteiger partial charge is 0.160 e. The summed E-state index contributed by atoms with van der Waals surface area (Å²) in [6, 6.07) is 1.94. The summed E-state index contributed by atoms with van der Waals surface area (Å²) in [6.07, 6.45) is 2.04. The van der Waals surface area contributed by atoms with Crippen molar-refractivity contribution < 1.29 is 4.79 Å². The van der Waals surface area contributed by atoms with Crippen LogP contribution in [0.1, 0.15) is 16.1 Å². The SMILES string of the molecule is CN(C)CCCN(C)c1csc(C=O)c1. The lowest BCUT2D eigenvalue weighted by atomic mass is 10.3. The van der Waals surface area contributed by atoms with Crippen LogP contribution in [0.5, 0.6) is 0 Å². The normalized spacial score (nSPS) is 10.7. The number of thiophene rings is 1. The monoisotopic (exact) mass is 226 g/mol. The van der Waals surface area contributed by atoms with Gasteiger partial charge in [-0.05, 0) is 33.1 Å². The molecule has 0 aliphatic rings. The van der Waals surface area contributed by atoms with E-state index < -0.39 is 0 Å². The van der Waals surface area contributed by atoms with Crippen LogP contribution < -0.4 is 4.90 Å². The fourth-order valence-electron chi connectivity index (χ4n) is 1.36. The van der Waals surface area contributed by atoms with E-state index in [0.29, 0.717) is 0 Å². The number of hydrogen-bond acceptors (Lipinski definition) is 4. The van der Waals surface area contributed by atoms with Crippen molar-refractivity contribution in [3.8, 4) is 0 Å². The lowest BCUT2D eigenvalue weighted by molar-refractivity contribution is 0.112. The van der Waals surface area contributed by atoms with Crippen molar-refractivity contribution in [1.82, 2.24) is 4.90 Å². The summed E-state index contributed by atoms with van der Waals surface area (Å²) < 4.78 is 0. The van der Waals surface area contributed by atoms with Crippen LogP contribution in [-0.4, -0.2) is 45.4 Å². The van der Waals surface area contributed by atoms with E-state index in [-0.39, 0.29) is 0 Å². The molecule has 1 rings (SSSR count). The molecule has 0 atom stereocenters. The van der Waals surface area contributed by atoms with Crippen LogP contribution >= 0.6 is 11.3 Å². The quantitative estimate of drug-likeness (QED) is 0.693. The first kappa shape index (κ1) is 12.2. The summed E-state index contributed by atoms with van der Waals surface area (Å²) in [6.45, 7) is 2.11. The molecule has 0 saturated carbocycles. The Labute approximate surface area is 95.3 Å². The highest BCUT2D eigenvalue weighted by Crippen LogP contribution is 2.20. The maximum Gasteiger partial charge on any atom is 0.160 e. The first-order valence-electron chi connectivity index (χ1n) is 5.03. The summed E-state index contributed by atoms with van der Waals surface area (Å²) in [5, 5.41) is 2.03. The Morgan fingerprint density at radius 1 is 1.33 bits per heavy atom. The molecule has 84 valence electrons. The van der Waals surface area contributed by atoms with Gasteiger partial charge < -0.3 is 9.80 Å². The Morgan fingerprint density at radius 2 is 2.07 bits per heavy atom. The molecule has 3 nitrogen and oxygen atoms in total. The first-order chi connectivity index (χ1) is 7.13. The molecule has 0 amide bonds. The predicted molar refractivity (Wildman–Crippen MR) is 66.1 cm³/mol. The number of nitrogens with zero attached hydrogens (tertiary/aromatic N) is 2. The summed E-state index contributed by atoms with van der Waals surface area (Å²) in [7, 11) is 6.22. The summed E-state index contributed by atoms with van der Waals surface area (Å²) in [5.74, 6) is 0. The molecule has 0 aliphatic carbocycles. The number of carbonyl (C=O) groups excluding carboxylic acids is 1. The maximum absolute atomic E-state index is 10.5. The van der Waals surface area contributed by atoms with Crippen LogP contribution in [0.4, 0.5) is 5.69 Å². The fourth-order valence-corrected chi connectivity index (χ4v) is 2.11. The van der Waals surface area contributed by atoms with Gasteiger partial charge in [0.1, 0.15) is 0 Å². The Balaban J connectivity index is 2.39. The van der Waals surface area contributed by atoms with E-state index in [9.17, 15) is 4.79 Å². The molecule has 0 fully saturated rings. The van der Waals surface area contributed by atoms with Crippen LogP contribution in [0.15, 0.2) is 11.4 Å². The second kappa shape index (κ2) is 5.88. The number of carbonyl (C=O) groups is 1. The van der Waals surface area contributed by atoms with Crippen LogP contribution in [0.3, 0.4) is 0 Å². The zero-order valence-corrected chi connectivity index (χ0v) is 10.4. The van der Waals surface area contributed by atoms with E-state index in [4.69, 9.17) is 0 Å². The predicted octanol–water partition coefficient (Wildman–Crippen LogP) is 1.95. The number of anilines is 1. The minimum atomic E-state index is 0.796. The second-order valence-electron chi connectivity index (χ2n) is 3.90. The summed E-state index contributed by atoms with van der Waals surface area (Å²) in [4.78, 5) is 15.7. The average Bonchev–Trinajstić information content (AvgIpc) is 2.65. The van der Waals surface area contributed by atoms with Crippen molar-refractivity contribution in [3.63, 3.8) is 0 Å². The maximum atomic E-state index is 10.5. The van der Waals surface area contributed by atoms with E-state index in [2.05, 4.69) is 30.9 Å². The molecular weight excluding hydrogens is 208 g/mol. The highest BCUT2D eigenvalue weighted by atomic mass is 32.1. The molecule has 0 saturated heterocycles. The van der Waals surface area contributed by atoms with Crippen molar-refractivity contribution >= 4 is 23.3 Å². The zero-order valence-electron chi connectivity index (χ0n) is 9.56. The third-order valence-corrected chi connectivity index (χ3v) is 3.11. The lowest BCUT2D eigenvalue weighted by Gasteiger charge is -2.18. The van der Waals surface area contributed by atoms with Gasteiger partial charge in [0.2, 0.25) is 0 Å². The highest BCUT2D eigenvalue weighted by Gasteiger charge is 2.03. The van der Waals surface area contributed by atoms with Crippen LogP contribution in [0.2, 0.25) is 0 Å². The van der Waals surface area contributed by atoms with Gasteiger partial charge in [-0.3, -0.25) is 4.79 Å². The largest absolute Gasteiger partial charge is 0.374 e. The van der Waals surface area contributed by atoms with Crippen LogP contribution in [-0.2, 0) is 0 Å². The molecule has 1 aromatic rings. The van der Waals surface area contributed by atoms with Gasteiger partial charge in [0, 0.05) is 24.7 Å². The van der Waals surface area contributed by atoms with E-state index >= 15 is 0 Å². The molecule has 1 heterocycles. The number of hydrogen-bond donors (Lipinski definition) is 0. The van der Waals surface area contributed by atoms with Gasteiger partial charge >= 0.3 is 0 Å². The Hall–Kier alpha value is -0.870. The van der Waals surface area contributed by atoms with Crippen LogP contribution in [0.25, 0.3) is 0 Å². The highest BCUT2D eigenvalue weighted by molar-refractivity contribution is 7.12. The van der Waals surface area contributed by atoms with E-state index in [1.165, 1.54) is 11.3 Å². The molecule has 0 N–H and O–H groups in total. The third kappa shape index (κ3) is 4.01. The molecule has 0 spiro atoms. The third-order valence-electron chi connectivity index (χ3n) is 2.26. The van der Waals surface area contributed by atoms with Gasteiger partial charge in [0.25, 0.3) is 0 Å². The Bertz CT molecular complexity index is 309. The van der Waals surface area contributed by atoms with Crippen molar-refractivity contribution in [3.05, 3.63) is 16.3 Å². The second-order valence-corrected chi connectivity index (χ2v) is 4.85. The average molecular weight is 226 g/mol. The molecule has 0 radical (unpaired) electrons. The van der Waals surface area contributed by atoms with Gasteiger partial charge in [0.15, 0.2) is 6.29 Å². The molecule has 15 heavy (non-hydrogen) atoms. The molecule has 0 aromatic carbocycles. The lowest BCUT2D eigenvalue weighted by Crippen LogP contribution is -2.22. The standard InChI is InChI=1S/C11H18N2OS/c1-12(2)5-4-6-13(3)10-7-11(8-14)15-9-10/h7-9H,4-6H2,1-3H3. The topological polar surface area (TPSA) is 23.6 Å². The van der Waals surface area contributed by atoms with E-state index in [1.807, 2.05) is 11.4 Å². The fraction of sp³-hybridized carbons (Fsp3) is 0.545. The van der Waals surface area contributed by atoms with Crippen molar-refractivity contribution in [2.24, 2.45) is 0 Å². The number of aldehydes is 1. The molecular formula is C11H18N2OS. The molecule has 0 aliphatic heterocycles. The van der Waals surface area contributed by atoms with Crippen molar-refractivity contribution in [2.75, 3.05) is 39.1 Å². The zero-order chi connectivity index (χ0) is 11.3. The molecule has 1 aromatic heterocycles. The molecule has 0 bridgehead atoms. The van der Waals surface area contributed by atoms with Crippen molar-refractivity contribution in [1.29, 1.82) is 0 Å². The van der Waals surface area contributed by atoms with Crippen molar-refractivity contribution in [2.45, 2.75) is 6.42 Å². The van der Waals surface area contributed by atoms with E-state index in [0.717, 1.165) is 36.4 Å². The van der Waals surface area contributed by atoms with Gasteiger partial charge in [-0.25, -0.2) is 0 Å². The Morgan fingerprint density at radius 3 is 2.60 bits per heavy atom. The van der Waals surface area contributed by atoms with E-state index in [1.54, 1.807) is 0 Å². The van der Waals surface area contributed by atoms with Gasteiger partial charge in [-0.1, -0.05) is 0 Å². The molecule has 4 heteroatoms. The minimum absolute atomic E-state index is 0.796. The van der Waals surface area contributed by atoms with Gasteiger partial charge in [0.05, 0.1) is 4.88 Å². The summed E-state index contributed by atoms with van der Waals surface area (Å²) >= 11 is 1.50. The first-order valence-corrected chi connectivity index (χ1v) is 5.91. The Kier molecular flexibility index (Phi) is 4.78.